The van der Waals surface area contributed by atoms with Crippen LogP contribution in [0.3, 0.4) is 0 Å². The molecule has 2 rings (SSSR count). The van der Waals surface area contributed by atoms with Crippen LogP contribution in [0, 0.1) is 0 Å². The van der Waals surface area contributed by atoms with E-state index >= 15 is 0 Å². The van der Waals surface area contributed by atoms with Crippen molar-refractivity contribution in [3.63, 3.8) is 0 Å². The summed E-state index contributed by atoms with van der Waals surface area (Å²) < 4.78 is 5.61. The van der Waals surface area contributed by atoms with E-state index in [0.717, 1.165) is 32.3 Å². The summed E-state index contributed by atoms with van der Waals surface area (Å²) in [4.78, 5) is 2.62. The van der Waals surface area contributed by atoms with Crippen LogP contribution in [0.1, 0.15) is 26.2 Å². The van der Waals surface area contributed by atoms with E-state index < -0.39 is 0 Å². The van der Waals surface area contributed by atoms with E-state index in [1.807, 2.05) is 0 Å². The van der Waals surface area contributed by atoms with Crippen molar-refractivity contribution in [3.05, 3.63) is 0 Å². The van der Waals surface area contributed by atoms with E-state index in [4.69, 9.17) is 4.74 Å². The average molecular weight is 258 g/mol. The van der Waals surface area contributed by atoms with Gasteiger partial charge in [-0.15, -0.1) is 0 Å². The smallest absolute Gasteiger partial charge is 0.0634 e. The molecule has 2 aliphatic rings. The van der Waals surface area contributed by atoms with Gasteiger partial charge in [-0.2, -0.15) is 11.8 Å². The number of hydrogen-bond acceptors (Lipinski definition) is 4. The molecule has 17 heavy (non-hydrogen) atoms. The fraction of sp³-hybridized carbons (Fsp3) is 1.00. The molecule has 0 aromatic rings. The molecule has 1 saturated carbocycles. The molecule has 1 unspecified atom stereocenters. The Morgan fingerprint density at radius 2 is 2.29 bits per heavy atom. The monoisotopic (exact) mass is 258 g/mol. The summed E-state index contributed by atoms with van der Waals surface area (Å²) in [6, 6.07) is 1.42. The Labute approximate surface area is 110 Å². The van der Waals surface area contributed by atoms with Crippen LogP contribution in [0.25, 0.3) is 0 Å². The highest BCUT2D eigenvalue weighted by Gasteiger charge is 2.26. The van der Waals surface area contributed by atoms with Crippen molar-refractivity contribution in [2.75, 3.05) is 44.4 Å². The van der Waals surface area contributed by atoms with E-state index in [-0.39, 0.29) is 0 Å². The Hall–Kier alpha value is 0.230. The Morgan fingerprint density at radius 1 is 1.41 bits per heavy atom. The Bertz CT molecular complexity index is 212. The second-order valence-electron chi connectivity index (χ2n) is 5.00. The maximum Gasteiger partial charge on any atom is 0.0634 e. The summed E-state index contributed by atoms with van der Waals surface area (Å²) in [6.45, 7) is 7.55. The van der Waals surface area contributed by atoms with E-state index in [0.29, 0.717) is 6.04 Å². The number of hydrogen-bond donors (Lipinski definition) is 1. The van der Waals surface area contributed by atoms with Gasteiger partial charge in [-0.3, -0.25) is 4.90 Å². The van der Waals surface area contributed by atoms with Crippen LogP contribution in [-0.4, -0.2) is 61.3 Å². The standard InChI is InChI=1S/C13H26N2OS/c1-2-17-9-3-6-15-7-8-16-11-13(15)10-14-12-4-5-12/h12-14H,2-11H2,1H3. The van der Waals surface area contributed by atoms with Crippen molar-refractivity contribution in [2.45, 2.75) is 38.3 Å². The number of morpholine rings is 1. The molecule has 0 spiro atoms. The van der Waals surface area contributed by atoms with Crippen LogP contribution in [0.5, 0.6) is 0 Å². The van der Waals surface area contributed by atoms with Gasteiger partial charge in [0.2, 0.25) is 0 Å². The van der Waals surface area contributed by atoms with Crippen molar-refractivity contribution in [1.29, 1.82) is 0 Å². The molecule has 1 heterocycles. The van der Waals surface area contributed by atoms with Crippen LogP contribution >= 0.6 is 11.8 Å². The Kier molecular flexibility index (Phi) is 6.12. The highest BCUT2D eigenvalue weighted by molar-refractivity contribution is 7.99. The fourth-order valence-corrected chi connectivity index (χ4v) is 2.90. The van der Waals surface area contributed by atoms with E-state index in [2.05, 4.69) is 28.9 Å². The normalized spacial score (nSPS) is 26.3. The van der Waals surface area contributed by atoms with E-state index in [9.17, 15) is 0 Å². The first kappa shape index (κ1) is 13.7. The lowest BCUT2D eigenvalue weighted by molar-refractivity contribution is -0.00660. The van der Waals surface area contributed by atoms with Crippen LogP contribution in [-0.2, 0) is 4.74 Å². The van der Waals surface area contributed by atoms with Gasteiger partial charge >= 0.3 is 0 Å². The molecule has 1 aliphatic heterocycles. The molecule has 1 atom stereocenters. The van der Waals surface area contributed by atoms with Crippen LogP contribution < -0.4 is 5.32 Å². The summed E-state index contributed by atoms with van der Waals surface area (Å²) in [7, 11) is 0. The highest BCUT2D eigenvalue weighted by Crippen LogP contribution is 2.19. The molecule has 0 aromatic heterocycles. The second-order valence-corrected chi connectivity index (χ2v) is 6.39. The number of ether oxygens (including phenoxy) is 1. The molecular weight excluding hydrogens is 232 g/mol. The van der Waals surface area contributed by atoms with Gasteiger partial charge in [0.25, 0.3) is 0 Å². The summed E-state index contributed by atoms with van der Waals surface area (Å²) >= 11 is 2.05. The summed E-state index contributed by atoms with van der Waals surface area (Å²) in [5.41, 5.74) is 0. The molecule has 100 valence electrons. The van der Waals surface area contributed by atoms with Gasteiger partial charge in [-0.25, -0.2) is 0 Å². The molecule has 0 radical (unpaired) electrons. The zero-order valence-corrected chi connectivity index (χ0v) is 11.8. The fourth-order valence-electron chi connectivity index (χ4n) is 2.28. The molecule has 3 nitrogen and oxygen atoms in total. The Balaban J connectivity index is 1.63. The molecule has 0 bridgehead atoms. The van der Waals surface area contributed by atoms with Gasteiger partial charge in [0.05, 0.1) is 13.2 Å². The van der Waals surface area contributed by atoms with Gasteiger partial charge in [0.15, 0.2) is 0 Å². The lowest BCUT2D eigenvalue weighted by Gasteiger charge is -2.35. The highest BCUT2D eigenvalue weighted by atomic mass is 32.2. The van der Waals surface area contributed by atoms with E-state index in [1.54, 1.807) is 0 Å². The van der Waals surface area contributed by atoms with Crippen molar-refractivity contribution in [2.24, 2.45) is 0 Å². The number of nitrogens with zero attached hydrogens (tertiary/aromatic N) is 1. The predicted molar refractivity (Wildman–Crippen MR) is 74.8 cm³/mol. The topological polar surface area (TPSA) is 24.5 Å². The third kappa shape index (κ3) is 5.16. The van der Waals surface area contributed by atoms with Crippen LogP contribution in [0.4, 0.5) is 0 Å². The molecule has 1 N–H and O–H groups in total. The minimum Gasteiger partial charge on any atom is -0.378 e. The first-order valence-corrected chi connectivity index (χ1v) is 8.18. The first-order valence-electron chi connectivity index (χ1n) is 7.03. The maximum atomic E-state index is 5.61. The molecule has 1 saturated heterocycles. The van der Waals surface area contributed by atoms with Gasteiger partial charge in [-0.05, 0) is 37.3 Å². The molecule has 0 amide bonds. The Morgan fingerprint density at radius 3 is 3.06 bits per heavy atom. The molecular formula is C13H26N2OS. The molecule has 2 fully saturated rings. The third-order valence-corrected chi connectivity index (χ3v) is 4.49. The zero-order valence-electron chi connectivity index (χ0n) is 11.0. The second kappa shape index (κ2) is 7.62. The lowest BCUT2D eigenvalue weighted by atomic mass is 10.2. The molecule has 4 heteroatoms. The number of nitrogens with one attached hydrogen (secondary N) is 1. The SMILES string of the molecule is CCSCCCN1CCOCC1CNC1CC1. The largest absolute Gasteiger partial charge is 0.378 e. The summed E-state index contributed by atoms with van der Waals surface area (Å²) in [6.07, 6.45) is 4.07. The zero-order chi connectivity index (χ0) is 11.9. The minimum atomic E-state index is 0.607. The minimum absolute atomic E-state index is 0.607. The van der Waals surface area contributed by atoms with Crippen molar-refractivity contribution >= 4 is 11.8 Å². The number of rotatable bonds is 8. The van der Waals surface area contributed by atoms with Gasteiger partial charge in [0, 0.05) is 25.2 Å². The van der Waals surface area contributed by atoms with Crippen molar-refractivity contribution < 1.29 is 4.74 Å². The van der Waals surface area contributed by atoms with Crippen LogP contribution in [0.2, 0.25) is 0 Å². The predicted octanol–water partition coefficient (Wildman–Crippen LogP) is 1.58. The molecule has 1 aliphatic carbocycles. The lowest BCUT2D eigenvalue weighted by Crippen LogP contribution is -2.51. The third-order valence-electron chi connectivity index (χ3n) is 3.51. The van der Waals surface area contributed by atoms with Crippen LogP contribution in [0.15, 0.2) is 0 Å². The summed E-state index contributed by atoms with van der Waals surface area (Å²) in [5, 5.41) is 3.63. The quantitative estimate of drug-likeness (QED) is 0.668. The van der Waals surface area contributed by atoms with Crippen molar-refractivity contribution in [1.82, 2.24) is 10.2 Å². The molecule has 0 aromatic carbocycles. The number of thioether (sulfide) groups is 1. The van der Waals surface area contributed by atoms with Gasteiger partial charge in [-0.1, -0.05) is 6.92 Å². The first-order chi connectivity index (χ1) is 8.40. The van der Waals surface area contributed by atoms with Gasteiger partial charge in [0.1, 0.15) is 0 Å². The summed E-state index contributed by atoms with van der Waals surface area (Å²) in [5.74, 6) is 2.55. The average Bonchev–Trinajstić information content (AvgIpc) is 3.17. The van der Waals surface area contributed by atoms with E-state index in [1.165, 1.54) is 37.3 Å². The maximum absolute atomic E-state index is 5.61. The van der Waals surface area contributed by atoms with Gasteiger partial charge < -0.3 is 10.1 Å². The van der Waals surface area contributed by atoms with Crippen molar-refractivity contribution in [3.8, 4) is 0 Å².